The maximum absolute atomic E-state index is 10.5. The molecule has 3 heteroatoms. The second kappa shape index (κ2) is 3.44. The Balaban J connectivity index is 2.46. The van der Waals surface area contributed by atoms with Gasteiger partial charge in [0.2, 0.25) is 0 Å². The van der Waals surface area contributed by atoms with Crippen LogP contribution in [-0.2, 0) is 0 Å². The Kier molecular flexibility index (Phi) is 2.29. The molecule has 0 atom stereocenters. The number of carbonyl (C=O) groups is 1. The van der Waals surface area contributed by atoms with E-state index in [2.05, 4.69) is 17.7 Å². The number of hydrogen-bond acceptors (Lipinski definition) is 3. The van der Waals surface area contributed by atoms with Gasteiger partial charge in [-0.05, 0) is 35.4 Å². The average molecular weight is 208 g/mol. The summed E-state index contributed by atoms with van der Waals surface area (Å²) in [5, 5.41) is 4.24. The predicted octanol–water partition coefficient (Wildman–Crippen LogP) is 3.60. The van der Waals surface area contributed by atoms with Crippen molar-refractivity contribution in [3.63, 3.8) is 0 Å². The molecule has 0 aliphatic carbocycles. The highest BCUT2D eigenvalue weighted by Gasteiger charge is 2.05. The Bertz CT molecular complexity index is 426. The summed E-state index contributed by atoms with van der Waals surface area (Å²) in [5.41, 5.74) is 2.53. The standard InChI is InChI=1S/C10H8OS2/c1-7-5-12-6-9(7)10-3-2-8(4-11)13-10/h2-6H,1H3. The van der Waals surface area contributed by atoms with Gasteiger partial charge in [-0.3, -0.25) is 4.79 Å². The summed E-state index contributed by atoms with van der Waals surface area (Å²) in [6.07, 6.45) is 0.899. The van der Waals surface area contributed by atoms with Gasteiger partial charge < -0.3 is 0 Å². The molecule has 2 aromatic rings. The summed E-state index contributed by atoms with van der Waals surface area (Å²) < 4.78 is 0. The zero-order valence-electron chi connectivity index (χ0n) is 7.11. The van der Waals surface area contributed by atoms with E-state index in [-0.39, 0.29) is 0 Å². The number of carbonyl (C=O) groups excluding carboxylic acids is 1. The van der Waals surface area contributed by atoms with Crippen molar-refractivity contribution in [1.29, 1.82) is 0 Å². The lowest BCUT2D eigenvalue weighted by Crippen LogP contribution is -1.68. The molecule has 0 spiro atoms. The molecule has 0 fully saturated rings. The molecular weight excluding hydrogens is 200 g/mol. The van der Waals surface area contributed by atoms with E-state index in [1.807, 2.05) is 12.1 Å². The molecule has 0 radical (unpaired) electrons. The van der Waals surface area contributed by atoms with Crippen LogP contribution in [0.4, 0.5) is 0 Å². The van der Waals surface area contributed by atoms with Gasteiger partial charge in [-0.1, -0.05) is 0 Å². The van der Waals surface area contributed by atoms with E-state index in [0.29, 0.717) is 0 Å². The van der Waals surface area contributed by atoms with Gasteiger partial charge in [0.25, 0.3) is 0 Å². The summed E-state index contributed by atoms with van der Waals surface area (Å²) in [6, 6.07) is 3.87. The Morgan fingerprint density at radius 2 is 2.15 bits per heavy atom. The van der Waals surface area contributed by atoms with Crippen molar-refractivity contribution in [3.8, 4) is 10.4 Å². The molecule has 1 nitrogen and oxygen atoms in total. The zero-order valence-corrected chi connectivity index (χ0v) is 8.74. The lowest BCUT2D eigenvalue weighted by molar-refractivity contribution is 0.112. The fraction of sp³-hybridized carbons (Fsp3) is 0.100. The van der Waals surface area contributed by atoms with Crippen LogP contribution in [0.5, 0.6) is 0 Å². The van der Waals surface area contributed by atoms with E-state index in [0.717, 1.165) is 11.2 Å². The second-order valence-electron chi connectivity index (χ2n) is 2.79. The fourth-order valence-corrected chi connectivity index (χ4v) is 3.00. The highest BCUT2D eigenvalue weighted by atomic mass is 32.1. The quantitative estimate of drug-likeness (QED) is 0.689. The van der Waals surface area contributed by atoms with Crippen LogP contribution in [0.1, 0.15) is 15.2 Å². The lowest BCUT2D eigenvalue weighted by Gasteiger charge is -1.92. The SMILES string of the molecule is Cc1cscc1-c1ccc(C=O)s1. The van der Waals surface area contributed by atoms with Crippen LogP contribution in [0.25, 0.3) is 10.4 Å². The Morgan fingerprint density at radius 1 is 1.31 bits per heavy atom. The monoisotopic (exact) mass is 208 g/mol. The van der Waals surface area contributed by atoms with Gasteiger partial charge in [0.1, 0.15) is 0 Å². The summed E-state index contributed by atoms with van der Waals surface area (Å²) in [6.45, 7) is 2.09. The third kappa shape index (κ3) is 1.57. The molecule has 0 N–H and O–H groups in total. The van der Waals surface area contributed by atoms with Crippen LogP contribution in [0, 0.1) is 6.92 Å². The molecule has 0 aliphatic heterocycles. The van der Waals surface area contributed by atoms with Crippen LogP contribution in [0.15, 0.2) is 22.9 Å². The van der Waals surface area contributed by atoms with Gasteiger partial charge in [-0.15, -0.1) is 11.3 Å². The topological polar surface area (TPSA) is 17.1 Å². The second-order valence-corrected chi connectivity index (χ2v) is 4.65. The highest BCUT2D eigenvalue weighted by molar-refractivity contribution is 7.17. The van der Waals surface area contributed by atoms with Gasteiger partial charge in [-0.2, -0.15) is 11.3 Å². The van der Waals surface area contributed by atoms with Gasteiger partial charge in [0, 0.05) is 10.4 Å². The van der Waals surface area contributed by atoms with Crippen molar-refractivity contribution < 1.29 is 4.79 Å². The minimum absolute atomic E-state index is 0.792. The molecule has 2 aromatic heterocycles. The largest absolute Gasteiger partial charge is 0.297 e. The van der Waals surface area contributed by atoms with Crippen LogP contribution < -0.4 is 0 Å². The Morgan fingerprint density at radius 3 is 2.69 bits per heavy atom. The van der Waals surface area contributed by atoms with Crippen molar-refractivity contribution >= 4 is 29.0 Å². The van der Waals surface area contributed by atoms with Crippen molar-refractivity contribution in [3.05, 3.63) is 33.3 Å². The summed E-state index contributed by atoms with van der Waals surface area (Å²) in [5.74, 6) is 0. The molecule has 0 unspecified atom stereocenters. The molecule has 66 valence electrons. The molecule has 0 amide bonds. The maximum atomic E-state index is 10.5. The summed E-state index contributed by atoms with van der Waals surface area (Å²) in [4.78, 5) is 12.5. The lowest BCUT2D eigenvalue weighted by atomic mass is 10.2. The van der Waals surface area contributed by atoms with E-state index >= 15 is 0 Å². The average Bonchev–Trinajstić information content (AvgIpc) is 2.71. The number of rotatable bonds is 2. The third-order valence-electron chi connectivity index (χ3n) is 1.86. The zero-order chi connectivity index (χ0) is 9.26. The Labute approximate surface area is 84.7 Å². The van der Waals surface area contributed by atoms with Crippen molar-refractivity contribution in [1.82, 2.24) is 0 Å². The molecule has 0 aromatic carbocycles. The summed E-state index contributed by atoms with van der Waals surface area (Å²) >= 11 is 3.24. The highest BCUT2D eigenvalue weighted by Crippen LogP contribution is 2.31. The van der Waals surface area contributed by atoms with Crippen molar-refractivity contribution in [2.75, 3.05) is 0 Å². The van der Waals surface area contributed by atoms with Gasteiger partial charge in [0.15, 0.2) is 6.29 Å². The van der Waals surface area contributed by atoms with E-state index in [9.17, 15) is 4.79 Å². The molecular formula is C10H8OS2. The van der Waals surface area contributed by atoms with Gasteiger partial charge >= 0.3 is 0 Å². The van der Waals surface area contributed by atoms with E-state index < -0.39 is 0 Å². The fourth-order valence-electron chi connectivity index (χ4n) is 1.17. The van der Waals surface area contributed by atoms with Gasteiger partial charge in [-0.25, -0.2) is 0 Å². The first-order valence-corrected chi connectivity index (χ1v) is 5.65. The number of hydrogen-bond donors (Lipinski definition) is 0. The van der Waals surface area contributed by atoms with Crippen LogP contribution in [0.2, 0.25) is 0 Å². The first-order chi connectivity index (χ1) is 6.31. The predicted molar refractivity (Wildman–Crippen MR) is 57.8 cm³/mol. The number of aldehydes is 1. The van der Waals surface area contributed by atoms with Crippen molar-refractivity contribution in [2.45, 2.75) is 6.92 Å². The Hall–Kier alpha value is -0.930. The molecule has 2 heterocycles. The van der Waals surface area contributed by atoms with E-state index in [1.165, 1.54) is 16.0 Å². The minimum atomic E-state index is 0.792. The molecule has 0 saturated heterocycles. The maximum Gasteiger partial charge on any atom is 0.160 e. The third-order valence-corrected chi connectivity index (χ3v) is 3.77. The smallest absolute Gasteiger partial charge is 0.160 e. The van der Waals surface area contributed by atoms with Crippen LogP contribution >= 0.6 is 22.7 Å². The van der Waals surface area contributed by atoms with Crippen LogP contribution in [-0.4, -0.2) is 6.29 Å². The van der Waals surface area contributed by atoms with E-state index in [4.69, 9.17) is 0 Å². The number of aryl methyl sites for hydroxylation is 1. The van der Waals surface area contributed by atoms with E-state index in [1.54, 1.807) is 22.7 Å². The molecule has 13 heavy (non-hydrogen) atoms. The molecule has 0 bridgehead atoms. The molecule has 0 aliphatic rings. The summed E-state index contributed by atoms with van der Waals surface area (Å²) in [7, 11) is 0. The van der Waals surface area contributed by atoms with Gasteiger partial charge in [0.05, 0.1) is 4.88 Å². The first kappa shape index (κ1) is 8.66. The normalized spacial score (nSPS) is 10.2. The van der Waals surface area contributed by atoms with Crippen LogP contribution in [0.3, 0.4) is 0 Å². The minimum Gasteiger partial charge on any atom is -0.297 e. The molecule has 2 rings (SSSR count). The number of thiophene rings is 2. The molecule has 0 saturated carbocycles. The first-order valence-electron chi connectivity index (χ1n) is 3.89. The van der Waals surface area contributed by atoms with Crippen molar-refractivity contribution in [2.24, 2.45) is 0 Å².